The van der Waals surface area contributed by atoms with E-state index in [1.807, 2.05) is 37.3 Å². The lowest BCUT2D eigenvalue weighted by molar-refractivity contribution is 0.0267. The van der Waals surface area contributed by atoms with Crippen LogP contribution in [0.3, 0.4) is 0 Å². The van der Waals surface area contributed by atoms with E-state index >= 15 is 0 Å². The topological polar surface area (TPSA) is 60.9 Å². The maximum absolute atomic E-state index is 12.7. The first-order valence-electron chi connectivity index (χ1n) is 7.85. The summed E-state index contributed by atoms with van der Waals surface area (Å²) in [5.41, 5.74) is 0.0355. The van der Waals surface area contributed by atoms with Crippen molar-refractivity contribution in [3.05, 3.63) is 35.9 Å². The van der Waals surface area contributed by atoms with Crippen LogP contribution in [0.5, 0.6) is 0 Å². The summed E-state index contributed by atoms with van der Waals surface area (Å²) in [6.07, 6.45) is 3.26. The van der Waals surface area contributed by atoms with Gasteiger partial charge in [0.25, 0.3) is 10.2 Å². The molecule has 1 saturated carbocycles. The number of benzene rings is 1. The molecule has 0 spiro atoms. The summed E-state index contributed by atoms with van der Waals surface area (Å²) in [6.45, 7) is 2.67. The van der Waals surface area contributed by atoms with Crippen molar-refractivity contribution in [1.82, 2.24) is 8.61 Å². The van der Waals surface area contributed by atoms with Crippen LogP contribution in [0.2, 0.25) is 0 Å². The molecule has 124 valence electrons. The van der Waals surface area contributed by atoms with E-state index in [-0.39, 0.29) is 13.1 Å². The smallest absolute Gasteiger partial charge is 0.282 e. The van der Waals surface area contributed by atoms with Crippen LogP contribution in [0.1, 0.15) is 38.2 Å². The van der Waals surface area contributed by atoms with Crippen molar-refractivity contribution in [1.29, 1.82) is 0 Å². The van der Waals surface area contributed by atoms with Gasteiger partial charge in [0.15, 0.2) is 0 Å². The highest BCUT2D eigenvalue weighted by molar-refractivity contribution is 7.86. The van der Waals surface area contributed by atoms with E-state index in [0.717, 1.165) is 18.4 Å². The van der Waals surface area contributed by atoms with E-state index in [9.17, 15) is 13.5 Å². The molecule has 2 rings (SSSR count). The van der Waals surface area contributed by atoms with Gasteiger partial charge in [-0.2, -0.15) is 17.0 Å². The van der Waals surface area contributed by atoms with Crippen LogP contribution in [-0.4, -0.2) is 47.9 Å². The lowest BCUT2D eigenvalue weighted by Crippen LogP contribution is -2.48. The number of nitrogens with zero attached hydrogens (tertiary/aromatic N) is 2. The van der Waals surface area contributed by atoms with Gasteiger partial charge >= 0.3 is 0 Å². The predicted octanol–water partition coefficient (Wildman–Crippen LogP) is 1.99. The fourth-order valence-electron chi connectivity index (χ4n) is 2.89. The second-order valence-electron chi connectivity index (χ2n) is 6.11. The van der Waals surface area contributed by atoms with Gasteiger partial charge < -0.3 is 5.11 Å². The molecule has 1 aliphatic carbocycles. The van der Waals surface area contributed by atoms with E-state index in [0.29, 0.717) is 19.4 Å². The van der Waals surface area contributed by atoms with Crippen molar-refractivity contribution in [2.75, 3.05) is 20.1 Å². The van der Waals surface area contributed by atoms with Gasteiger partial charge in [0.05, 0.1) is 5.60 Å². The highest BCUT2D eigenvalue weighted by Gasteiger charge is 2.38. The maximum Gasteiger partial charge on any atom is 0.282 e. The Morgan fingerprint density at radius 2 is 1.77 bits per heavy atom. The average molecular weight is 326 g/mol. The van der Waals surface area contributed by atoms with Gasteiger partial charge in [-0.15, -0.1) is 0 Å². The summed E-state index contributed by atoms with van der Waals surface area (Å²) in [5, 5.41) is 10.6. The molecule has 22 heavy (non-hydrogen) atoms. The number of rotatable bonds is 7. The molecule has 0 radical (unpaired) electrons. The molecular formula is C16H26N2O3S. The maximum atomic E-state index is 12.7. The molecule has 1 aliphatic rings. The molecule has 1 N–H and O–H groups in total. The molecule has 6 heteroatoms. The highest BCUT2D eigenvalue weighted by Crippen LogP contribution is 2.31. The van der Waals surface area contributed by atoms with Crippen LogP contribution in [0.15, 0.2) is 30.3 Å². The first-order valence-corrected chi connectivity index (χ1v) is 9.25. The van der Waals surface area contributed by atoms with Gasteiger partial charge in [-0.05, 0) is 18.4 Å². The van der Waals surface area contributed by atoms with Gasteiger partial charge in [-0.3, -0.25) is 0 Å². The molecule has 0 aliphatic heterocycles. The molecule has 0 bridgehead atoms. The van der Waals surface area contributed by atoms with E-state index in [1.54, 1.807) is 7.05 Å². The standard InChI is InChI=1S/C16H26N2O3S/c1-3-17(2)22(20,21)18(13-15-9-5-4-6-10-15)14-16(19)11-7-8-12-16/h4-6,9-10,19H,3,7-8,11-14H2,1-2H3. The zero-order valence-electron chi connectivity index (χ0n) is 13.4. The first-order chi connectivity index (χ1) is 10.4. The van der Waals surface area contributed by atoms with Crippen molar-refractivity contribution >= 4 is 10.2 Å². The summed E-state index contributed by atoms with van der Waals surface area (Å²) in [6, 6.07) is 9.52. The zero-order valence-corrected chi connectivity index (χ0v) is 14.2. The normalized spacial score (nSPS) is 18.2. The molecule has 1 aromatic carbocycles. The molecule has 1 fully saturated rings. The van der Waals surface area contributed by atoms with Crippen molar-refractivity contribution in [2.45, 2.75) is 44.8 Å². The number of hydrogen-bond donors (Lipinski definition) is 1. The van der Waals surface area contributed by atoms with Crippen molar-refractivity contribution in [2.24, 2.45) is 0 Å². The van der Waals surface area contributed by atoms with Crippen LogP contribution >= 0.6 is 0 Å². The Morgan fingerprint density at radius 1 is 1.18 bits per heavy atom. The van der Waals surface area contributed by atoms with Gasteiger partial charge in [0.1, 0.15) is 0 Å². The molecular weight excluding hydrogens is 300 g/mol. The van der Waals surface area contributed by atoms with Crippen LogP contribution in [0.25, 0.3) is 0 Å². The van der Waals surface area contributed by atoms with E-state index in [4.69, 9.17) is 0 Å². The first kappa shape index (κ1) is 17.4. The lowest BCUT2D eigenvalue weighted by atomic mass is 10.0. The third-order valence-electron chi connectivity index (χ3n) is 4.37. The largest absolute Gasteiger partial charge is 0.389 e. The molecule has 5 nitrogen and oxygen atoms in total. The Morgan fingerprint density at radius 3 is 2.32 bits per heavy atom. The number of hydrogen-bond acceptors (Lipinski definition) is 3. The Kier molecular flexibility index (Phi) is 5.60. The third kappa shape index (κ3) is 4.07. The summed E-state index contributed by atoms with van der Waals surface area (Å²) in [7, 11) is -1.99. The van der Waals surface area contributed by atoms with Gasteiger partial charge in [-0.25, -0.2) is 0 Å². The highest BCUT2D eigenvalue weighted by atomic mass is 32.2. The SMILES string of the molecule is CCN(C)S(=O)(=O)N(Cc1ccccc1)CC1(O)CCCC1. The van der Waals surface area contributed by atoms with E-state index in [2.05, 4.69) is 0 Å². The van der Waals surface area contributed by atoms with Crippen molar-refractivity contribution < 1.29 is 13.5 Å². The molecule has 0 atom stereocenters. The zero-order chi connectivity index (χ0) is 16.2. The Hall–Kier alpha value is -0.950. The summed E-state index contributed by atoms with van der Waals surface area (Å²) >= 11 is 0. The minimum Gasteiger partial charge on any atom is -0.389 e. The monoisotopic (exact) mass is 326 g/mol. The third-order valence-corrected chi connectivity index (χ3v) is 6.33. The van der Waals surface area contributed by atoms with Crippen LogP contribution < -0.4 is 0 Å². The van der Waals surface area contributed by atoms with Crippen molar-refractivity contribution in [3.63, 3.8) is 0 Å². The lowest BCUT2D eigenvalue weighted by Gasteiger charge is -2.33. The second-order valence-corrected chi connectivity index (χ2v) is 8.14. The van der Waals surface area contributed by atoms with Crippen LogP contribution in [0.4, 0.5) is 0 Å². The van der Waals surface area contributed by atoms with Gasteiger partial charge in [-0.1, -0.05) is 50.1 Å². The molecule has 0 aromatic heterocycles. The van der Waals surface area contributed by atoms with Gasteiger partial charge in [0.2, 0.25) is 0 Å². The molecule has 0 amide bonds. The fourth-order valence-corrected chi connectivity index (χ4v) is 4.32. The van der Waals surface area contributed by atoms with Gasteiger partial charge in [0, 0.05) is 26.7 Å². The Labute approximate surface area is 133 Å². The second kappa shape index (κ2) is 7.08. The Bertz CT molecular complexity index is 568. The quantitative estimate of drug-likeness (QED) is 0.833. The summed E-state index contributed by atoms with van der Waals surface area (Å²) < 4.78 is 28.2. The van der Waals surface area contributed by atoms with E-state index < -0.39 is 15.8 Å². The Balaban J connectivity index is 2.24. The molecule has 1 aromatic rings. The molecule has 0 unspecified atom stereocenters. The van der Waals surface area contributed by atoms with Crippen LogP contribution in [-0.2, 0) is 16.8 Å². The minimum atomic E-state index is -3.57. The van der Waals surface area contributed by atoms with Crippen LogP contribution in [0, 0.1) is 0 Å². The van der Waals surface area contributed by atoms with Crippen molar-refractivity contribution in [3.8, 4) is 0 Å². The summed E-state index contributed by atoms with van der Waals surface area (Å²) in [5.74, 6) is 0. The predicted molar refractivity (Wildman–Crippen MR) is 87.5 cm³/mol. The summed E-state index contributed by atoms with van der Waals surface area (Å²) in [4.78, 5) is 0. The minimum absolute atomic E-state index is 0.161. The van der Waals surface area contributed by atoms with E-state index in [1.165, 1.54) is 8.61 Å². The molecule has 0 heterocycles. The average Bonchev–Trinajstić information content (AvgIpc) is 2.93. The molecule has 0 saturated heterocycles. The number of aliphatic hydroxyl groups is 1. The fraction of sp³-hybridized carbons (Fsp3) is 0.625.